The fraction of sp³-hybridized carbons (Fsp3) is 0.647. The largest absolute Gasteiger partial charge is 0.313 e. The van der Waals surface area contributed by atoms with Gasteiger partial charge in [0.15, 0.2) is 0 Å². The first kappa shape index (κ1) is 16.9. The van der Waals surface area contributed by atoms with Crippen LogP contribution in [0.15, 0.2) is 22.7 Å². The van der Waals surface area contributed by atoms with Crippen LogP contribution >= 0.6 is 15.9 Å². The fourth-order valence-corrected chi connectivity index (χ4v) is 3.57. The van der Waals surface area contributed by atoms with Crippen molar-refractivity contribution in [1.29, 1.82) is 0 Å². The molecule has 118 valence electrons. The summed E-state index contributed by atoms with van der Waals surface area (Å²) in [5, 5.41) is 3.37. The van der Waals surface area contributed by atoms with E-state index in [-0.39, 0.29) is 0 Å². The highest BCUT2D eigenvalue weighted by molar-refractivity contribution is 9.10. The summed E-state index contributed by atoms with van der Waals surface area (Å²) in [6, 6.07) is 7.43. The van der Waals surface area contributed by atoms with Crippen molar-refractivity contribution in [2.45, 2.75) is 39.9 Å². The molecular weight excluding hydrogens is 326 g/mol. The second-order valence-corrected chi connectivity index (χ2v) is 6.77. The van der Waals surface area contributed by atoms with E-state index in [2.05, 4.69) is 70.0 Å². The van der Waals surface area contributed by atoms with Crippen LogP contribution in [-0.4, -0.2) is 48.6 Å². The zero-order valence-corrected chi connectivity index (χ0v) is 15.1. The molecule has 21 heavy (non-hydrogen) atoms. The van der Waals surface area contributed by atoms with Gasteiger partial charge in [0.2, 0.25) is 0 Å². The van der Waals surface area contributed by atoms with Gasteiger partial charge in [-0.1, -0.05) is 41.9 Å². The Labute approximate surface area is 137 Å². The van der Waals surface area contributed by atoms with E-state index in [1.807, 2.05) is 0 Å². The highest BCUT2D eigenvalue weighted by Gasteiger charge is 2.22. The standard InChI is InChI=1S/C17H28BrN3/c1-4-19-11-15-6-7-16(17(18)10-15)13-20-8-9-21(5-2)14(3)12-20/h6-7,10,14,19H,4-5,8-9,11-13H2,1-3H3. The number of nitrogens with one attached hydrogen (secondary N) is 1. The molecular formula is C17H28BrN3. The third-order valence-electron chi connectivity index (χ3n) is 4.35. The van der Waals surface area contributed by atoms with Gasteiger partial charge in [-0.15, -0.1) is 0 Å². The summed E-state index contributed by atoms with van der Waals surface area (Å²) in [5.41, 5.74) is 2.74. The van der Waals surface area contributed by atoms with Crippen molar-refractivity contribution in [1.82, 2.24) is 15.1 Å². The maximum atomic E-state index is 3.74. The van der Waals surface area contributed by atoms with Crippen molar-refractivity contribution in [3.8, 4) is 0 Å². The molecule has 0 aromatic heterocycles. The maximum Gasteiger partial charge on any atom is 0.0246 e. The first-order valence-electron chi connectivity index (χ1n) is 8.08. The average molecular weight is 354 g/mol. The Morgan fingerprint density at radius 3 is 2.71 bits per heavy atom. The lowest BCUT2D eigenvalue weighted by molar-refractivity contribution is 0.0833. The Bertz CT molecular complexity index is 450. The van der Waals surface area contributed by atoms with Gasteiger partial charge in [-0.05, 0) is 37.2 Å². The summed E-state index contributed by atoms with van der Waals surface area (Å²) in [6.07, 6.45) is 0. The Hall–Kier alpha value is -0.420. The molecule has 1 atom stereocenters. The van der Waals surface area contributed by atoms with Crippen LogP contribution in [0.5, 0.6) is 0 Å². The predicted octanol–water partition coefficient (Wildman–Crippen LogP) is 3.08. The van der Waals surface area contributed by atoms with E-state index in [0.29, 0.717) is 6.04 Å². The van der Waals surface area contributed by atoms with Crippen LogP contribution in [-0.2, 0) is 13.1 Å². The van der Waals surface area contributed by atoms with Gasteiger partial charge in [0.05, 0.1) is 0 Å². The van der Waals surface area contributed by atoms with Gasteiger partial charge in [0.1, 0.15) is 0 Å². The van der Waals surface area contributed by atoms with E-state index in [1.54, 1.807) is 0 Å². The Morgan fingerprint density at radius 2 is 2.10 bits per heavy atom. The summed E-state index contributed by atoms with van der Waals surface area (Å²) in [6.45, 7) is 14.4. The van der Waals surface area contributed by atoms with Gasteiger partial charge in [0.25, 0.3) is 0 Å². The fourth-order valence-electron chi connectivity index (χ4n) is 3.02. The highest BCUT2D eigenvalue weighted by atomic mass is 79.9. The van der Waals surface area contributed by atoms with Crippen molar-refractivity contribution in [2.75, 3.05) is 32.7 Å². The first-order valence-corrected chi connectivity index (χ1v) is 8.87. The number of piperazine rings is 1. The molecule has 0 bridgehead atoms. The second kappa shape index (κ2) is 8.28. The molecule has 0 aliphatic carbocycles. The molecule has 0 amide bonds. The van der Waals surface area contributed by atoms with Crippen LogP contribution in [0.1, 0.15) is 31.9 Å². The molecule has 1 aromatic carbocycles. The van der Waals surface area contributed by atoms with Gasteiger partial charge >= 0.3 is 0 Å². The first-order chi connectivity index (χ1) is 10.1. The Morgan fingerprint density at radius 1 is 1.29 bits per heavy atom. The van der Waals surface area contributed by atoms with Gasteiger partial charge in [-0.2, -0.15) is 0 Å². The van der Waals surface area contributed by atoms with Crippen LogP contribution in [0.4, 0.5) is 0 Å². The number of hydrogen-bond acceptors (Lipinski definition) is 3. The molecule has 1 unspecified atom stereocenters. The highest BCUT2D eigenvalue weighted by Crippen LogP contribution is 2.22. The molecule has 0 radical (unpaired) electrons. The van der Waals surface area contributed by atoms with Crippen LogP contribution in [0.3, 0.4) is 0 Å². The number of rotatable bonds is 6. The third-order valence-corrected chi connectivity index (χ3v) is 5.08. The molecule has 1 heterocycles. The van der Waals surface area contributed by atoms with Crippen molar-refractivity contribution in [3.63, 3.8) is 0 Å². The van der Waals surface area contributed by atoms with Gasteiger partial charge < -0.3 is 5.32 Å². The molecule has 0 saturated carbocycles. The summed E-state index contributed by atoms with van der Waals surface area (Å²) in [4.78, 5) is 5.13. The van der Waals surface area contributed by atoms with Crippen LogP contribution in [0.2, 0.25) is 0 Å². The molecule has 4 heteroatoms. The summed E-state index contributed by atoms with van der Waals surface area (Å²) in [7, 11) is 0. The topological polar surface area (TPSA) is 18.5 Å². The van der Waals surface area contributed by atoms with Gasteiger partial charge in [-0.3, -0.25) is 9.80 Å². The van der Waals surface area contributed by atoms with E-state index in [1.165, 1.54) is 35.2 Å². The molecule has 0 spiro atoms. The number of nitrogens with zero attached hydrogens (tertiary/aromatic N) is 2. The van der Waals surface area contributed by atoms with Crippen LogP contribution in [0, 0.1) is 0 Å². The van der Waals surface area contributed by atoms with E-state index < -0.39 is 0 Å². The Kier molecular flexibility index (Phi) is 6.68. The van der Waals surface area contributed by atoms with Crippen LogP contribution < -0.4 is 5.32 Å². The van der Waals surface area contributed by atoms with Gasteiger partial charge in [-0.25, -0.2) is 0 Å². The molecule has 1 fully saturated rings. The lowest BCUT2D eigenvalue weighted by atomic mass is 10.1. The molecule has 1 aliphatic rings. The SMILES string of the molecule is CCNCc1ccc(CN2CCN(CC)C(C)C2)c(Br)c1. The quantitative estimate of drug-likeness (QED) is 0.847. The predicted molar refractivity (Wildman–Crippen MR) is 93.5 cm³/mol. The molecule has 2 rings (SSSR count). The monoisotopic (exact) mass is 353 g/mol. The van der Waals surface area contributed by atoms with Crippen molar-refractivity contribution >= 4 is 15.9 Å². The number of halogens is 1. The average Bonchev–Trinajstić information content (AvgIpc) is 2.48. The summed E-state index contributed by atoms with van der Waals surface area (Å²) < 4.78 is 1.24. The molecule has 1 saturated heterocycles. The smallest absolute Gasteiger partial charge is 0.0246 e. The van der Waals surface area contributed by atoms with Crippen LogP contribution in [0.25, 0.3) is 0 Å². The summed E-state index contributed by atoms with van der Waals surface area (Å²) >= 11 is 3.74. The minimum Gasteiger partial charge on any atom is -0.313 e. The second-order valence-electron chi connectivity index (χ2n) is 5.92. The number of hydrogen-bond donors (Lipinski definition) is 1. The van der Waals surface area contributed by atoms with E-state index in [0.717, 1.165) is 26.2 Å². The minimum absolute atomic E-state index is 0.663. The minimum atomic E-state index is 0.663. The molecule has 3 nitrogen and oxygen atoms in total. The lowest BCUT2D eigenvalue weighted by Crippen LogP contribution is -2.51. The zero-order valence-electron chi connectivity index (χ0n) is 13.5. The molecule has 1 aliphatic heterocycles. The van der Waals surface area contributed by atoms with E-state index in [9.17, 15) is 0 Å². The van der Waals surface area contributed by atoms with Crippen molar-refractivity contribution < 1.29 is 0 Å². The third kappa shape index (κ3) is 4.78. The van der Waals surface area contributed by atoms with E-state index >= 15 is 0 Å². The van der Waals surface area contributed by atoms with Crippen molar-refractivity contribution in [2.24, 2.45) is 0 Å². The normalized spacial score (nSPS) is 20.9. The molecule has 1 aromatic rings. The van der Waals surface area contributed by atoms with Gasteiger partial charge in [0, 0.05) is 43.2 Å². The van der Waals surface area contributed by atoms with E-state index in [4.69, 9.17) is 0 Å². The maximum absolute atomic E-state index is 3.74. The number of benzene rings is 1. The number of likely N-dealkylation sites (N-methyl/N-ethyl adjacent to an activating group) is 1. The summed E-state index contributed by atoms with van der Waals surface area (Å²) in [5.74, 6) is 0. The van der Waals surface area contributed by atoms with Crippen molar-refractivity contribution in [3.05, 3.63) is 33.8 Å². The Balaban J connectivity index is 1.94. The molecule has 1 N–H and O–H groups in total. The lowest BCUT2D eigenvalue weighted by Gasteiger charge is -2.39. The zero-order chi connectivity index (χ0) is 15.2.